The first-order chi connectivity index (χ1) is 5.54. The Morgan fingerprint density at radius 1 is 1.50 bits per heavy atom. The standard InChI is InChI=1S/C8H12Br2O2/c1-4(8(11)12)5-2-3-6(9)7(5)10/h4-7H,2-3H2,1H3,(H,11,12). The van der Waals surface area contributed by atoms with E-state index in [0.29, 0.717) is 9.65 Å². The Kier molecular flexibility index (Phi) is 3.58. The first kappa shape index (κ1) is 10.5. The van der Waals surface area contributed by atoms with Gasteiger partial charge in [0.1, 0.15) is 0 Å². The van der Waals surface area contributed by atoms with Gasteiger partial charge in [0.2, 0.25) is 0 Å². The number of rotatable bonds is 2. The number of hydrogen-bond donors (Lipinski definition) is 1. The summed E-state index contributed by atoms with van der Waals surface area (Å²) < 4.78 is 0. The van der Waals surface area contributed by atoms with Crippen molar-refractivity contribution >= 4 is 37.8 Å². The lowest BCUT2D eigenvalue weighted by Crippen LogP contribution is -2.26. The lowest BCUT2D eigenvalue weighted by molar-refractivity contribution is -0.142. The van der Waals surface area contributed by atoms with Crippen molar-refractivity contribution in [3.63, 3.8) is 0 Å². The summed E-state index contributed by atoms with van der Waals surface area (Å²) in [6.45, 7) is 1.78. The molecule has 0 aromatic rings. The summed E-state index contributed by atoms with van der Waals surface area (Å²) in [7, 11) is 0. The van der Waals surface area contributed by atoms with Crippen molar-refractivity contribution in [2.24, 2.45) is 11.8 Å². The van der Waals surface area contributed by atoms with Crippen LogP contribution >= 0.6 is 31.9 Å². The zero-order valence-electron chi connectivity index (χ0n) is 6.84. The number of carboxylic acids is 1. The van der Waals surface area contributed by atoms with Crippen molar-refractivity contribution < 1.29 is 9.90 Å². The fraction of sp³-hybridized carbons (Fsp3) is 0.875. The van der Waals surface area contributed by atoms with E-state index in [4.69, 9.17) is 5.11 Å². The Labute approximate surface area is 89.0 Å². The van der Waals surface area contributed by atoms with Crippen LogP contribution in [0.4, 0.5) is 0 Å². The Morgan fingerprint density at radius 2 is 2.08 bits per heavy atom. The van der Waals surface area contributed by atoms with E-state index in [1.165, 1.54) is 0 Å². The van der Waals surface area contributed by atoms with Crippen LogP contribution in [-0.2, 0) is 4.79 Å². The van der Waals surface area contributed by atoms with Crippen molar-refractivity contribution in [1.82, 2.24) is 0 Å². The number of alkyl halides is 2. The summed E-state index contributed by atoms with van der Waals surface area (Å²) in [6, 6.07) is 0. The monoisotopic (exact) mass is 298 g/mol. The third-order valence-electron chi connectivity index (χ3n) is 2.56. The molecule has 4 atom stereocenters. The molecule has 1 aliphatic rings. The van der Waals surface area contributed by atoms with Gasteiger partial charge in [0.25, 0.3) is 0 Å². The van der Waals surface area contributed by atoms with Crippen molar-refractivity contribution in [3.8, 4) is 0 Å². The van der Waals surface area contributed by atoms with Crippen LogP contribution in [0.15, 0.2) is 0 Å². The lowest BCUT2D eigenvalue weighted by atomic mass is 9.93. The minimum atomic E-state index is -0.689. The molecule has 0 spiro atoms. The molecule has 0 radical (unpaired) electrons. The molecule has 0 heterocycles. The van der Waals surface area contributed by atoms with E-state index in [1.54, 1.807) is 6.92 Å². The molecular weight excluding hydrogens is 288 g/mol. The summed E-state index contributed by atoms with van der Waals surface area (Å²) in [5.74, 6) is -0.658. The van der Waals surface area contributed by atoms with Crippen LogP contribution in [0.3, 0.4) is 0 Å². The van der Waals surface area contributed by atoms with Crippen molar-refractivity contribution in [2.75, 3.05) is 0 Å². The molecule has 12 heavy (non-hydrogen) atoms. The predicted molar refractivity (Wildman–Crippen MR) is 55.0 cm³/mol. The normalized spacial score (nSPS) is 38.1. The Balaban J connectivity index is 2.59. The minimum Gasteiger partial charge on any atom is -0.481 e. The minimum absolute atomic E-state index is 0.239. The molecule has 1 saturated carbocycles. The molecule has 4 heteroatoms. The largest absolute Gasteiger partial charge is 0.481 e. The molecule has 1 N–H and O–H groups in total. The van der Waals surface area contributed by atoms with Crippen LogP contribution in [0.5, 0.6) is 0 Å². The number of halogens is 2. The van der Waals surface area contributed by atoms with Gasteiger partial charge < -0.3 is 5.11 Å². The van der Waals surface area contributed by atoms with Gasteiger partial charge in [-0.25, -0.2) is 0 Å². The summed E-state index contributed by atoms with van der Waals surface area (Å²) in [4.78, 5) is 11.4. The predicted octanol–water partition coefficient (Wildman–Crippen LogP) is 2.64. The molecule has 0 aromatic heterocycles. The second-order valence-corrected chi connectivity index (χ2v) is 5.56. The van der Waals surface area contributed by atoms with E-state index < -0.39 is 5.97 Å². The topological polar surface area (TPSA) is 37.3 Å². The Bertz CT molecular complexity index is 184. The number of carbonyl (C=O) groups is 1. The highest BCUT2D eigenvalue weighted by atomic mass is 79.9. The zero-order chi connectivity index (χ0) is 9.30. The lowest BCUT2D eigenvalue weighted by Gasteiger charge is -2.19. The highest BCUT2D eigenvalue weighted by Crippen LogP contribution is 2.40. The van der Waals surface area contributed by atoms with Gasteiger partial charge in [0.15, 0.2) is 0 Å². The number of carboxylic acid groups (broad SMARTS) is 1. The molecule has 0 bridgehead atoms. The first-order valence-corrected chi connectivity index (χ1v) is 5.88. The third kappa shape index (κ3) is 2.02. The SMILES string of the molecule is CC(C(=O)O)C1CCC(Br)C1Br. The van der Waals surface area contributed by atoms with E-state index in [2.05, 4.69) is 31.9 Å². The van der Waals surface area contributed by atoms with E-state index in [-0.39, 0.29) is 11.8 Å². The molecule has 0 aromatic carbocycles. The molecule has 4 unspecified atom stereocenters. The molecule has 1 fully saturated rings. The van der Waals surface area contributed by atoms with Gasteiger partial charge in [-0.15, -0.1) is 0 Å². The summed E-state index contributed by atoms with van der Waals surface area (Å²) >= 11 is 7.05. The average molecular weight is 300 g/mol. The molecule has 1 aliphatic carbocycles. The van der Waals surface area contributed by atoms with Gasteiger partial charge >= 0.3 is 5.97 Å². The van der Waals surface area contributed by atoms with Gasteiger partial charge in [-0.2, -0.15) is 0 Å². The summed E-state index contributed by atoms with van der Waals surface area (Å²) in [6.07, 6.45) is 2.07. The van der Waals surface area contributed by atoms with Crippen LogP contribution < -0.4 is 0 Å². The van der Waals surface area contributed by atoms with Crippen LogP contribution in [0, 0.1) is 11.8 Å². The van der Waals surface area contributed by atoms with Gasteiger partial charge in [-0.1, -0.05) is 38.8 Å². The molecule has 1 rings (SSSR count). The summed E-state index contributed by atoms with van der Waals surface area (Å²) in [5, 5.41) is 8.81. The second-order valence-electron chi connectivity index (χ2n) is 3.33. The van der Waals surface area contributed by atoms with Gasteiger partial charge in [0.05, 0.1) is 5.92 Å². The molecule has 0 aliphatic heterocycles. The van der Waals surface area contributed by atoms with Crippen LogP contribution in [0.2, 0.25) is 0 Å². The number of aliphatic carboxylic acids is 1. The van der Waals surface area contributed by atoms with E-state index in [0.717, 1.165) is 12.8 Å². The zero-order valence-corrected chi connectivity index (χ0v) is 10.0. The van der Waals surface area contributed by atoms with E-state index in [1.807, 2.05) is 0 Å². The molecule has 2 nitrogen and oxygen atoms in total. The molecular formula is C8H12Br2O2. The van der Waals surface area contributed by atoms with Gasteiger partial charge in [-0.3, -0.25) is 4.79 Å². The van der Waals surface area contributed by atoms with Crippen molar-refractivity contribution in [1.29, 1.82) is 0 Å². The van der Waals surface area contributed by atoms with Gasteiger partial charge in [0, 0.05) is 9.65 Å². The van der Waals surface area contributed by atoms with Gasteiger partial charge in [-0.05, 0) is 18.8 Å². The van der Waals surface area contributed by atoms with Crippen LogP contribution in [-0.4, -0.2) is 20.7 Å². The van der Waals surface area contributed by atoms with Crippen molar-refractivity contribution in [2.45, 2.75) is 29.4 Å². The molecule has 70 valence electrons. The third-order valence-corrected chi connectivity index (χ3v) is 5.62. The maximum atomic E-state index is 10.7. The smallest absolute Gasteiger partial charge is 0.306 e. The Hall–Kier alpha value is 0.430. The summed E-state index contributed by atoms with van der Waals surface area (Å²) in [5.41, 5.74) is 0. The van der Waals surface area contributed by atoms with E-state index >= 15 is 0 Å². The first-order valence-electron chi connectivity index (χ1n) is 4.05. The molecule has 0 amide bonds. The fourth-order valence-electron chi connectivity index (χ4n) is 1.65. The van der Waals surface area contributed by atoms with Crippen LogP contribution in [0.25, 0.3) is 0 Å². The maximum absolute atomic E-state index is 10.7. The Morgan fingerprint density at radius 3 is 2.42 bits per heavy atom. The number of hydrogen-bond acceptors (Lipinski definition) is 1. The average Bonchev–Trinajstić information content (AvgIpc) is 2.32. The fourth-order valence-corrected chi connectivity index (χ4v) is 3.29. The second kappa shape index (κ2) is 4.09. The van der Waals surface area contributed by atoms with Crippen molar-refractivity contribution in [3.05, 3.63) is 0 Å². The van der Waals surface area contributed by atoms with E-state index in [9.17, 15) is 4.79 Å². The maximum Gasteiger partial charge on any atom is 0.306 e. The highest BCUT2D eigenvalue weighted by molar-refractivity contribution is 9.12. The molecule has 0 saturated heterocycles. The highest BCUT2D eigenvalue weighted by Gasteiger charge is 2.38. The van der Waals surface area contributed by atoms with Crippen LogP contribution in [0.1, 0.15) is 19.8 Å². The quantitative estimate of drug-likeness (QED) is 0.796.